The third-order valence-electron chi connectivity index (χ3n) is 4.57. The summed E-state index contributed by atoms with van der Waals surface area (Å²) in [5.74, 6) is 0.691. The van der Waals surface area contributed by atoms with Gasteiger partial charge in [0.15, 0.2) is 5.96 Å². The number of hydrogen-bond acceptors (Lipinski definition) is 5. The number of ether oxygens (including phenoxy) is 2. The highest BCUT2D eigenvalue weighted by Gasteiger charge is 2.27. The van der Waals surface area contributed by atoms with Crippen LogP contribution in [0.25, 0.3) is 0 Å². The SMILES string of the molecule is CCCC(CN=C(NCC)N1CCC(C(=O)OCC)CC1)NC(=O)OC(C)(C)C.I. The minimum absolute atomic E-state index is 0. The number of piperidine rings is 1. The van der Waals surface area contributed by atoms with Crippen LogP contribution in [0.4, 0.5) is 4.79 Å². The first-order valence-corrected chi connectivity index (χ1v) is 10.9. The third kappa shape index (κ3) is 11.2. The van der Waals surface area contributed by atoms with Gasteiger partial charge in [0.2, 0.25) is 0 Å². The molecule has 1 fully saturated rings. The summed E-state index contributed by atoms with van der Waals surface area (Å²) in [6.07, 6.45) is 2.88. The quantitative estimate of drug-likeness (QED) is 0.212. The van der Waals surface area contributed by atoms with Crippen molar-refractivity contribution in [3.05, 3.63) is 0 Å². The van der Waals surface area contributed by atoms with Gasteiger partial charge >= 0.3 is 12.1 Å². The summed E-state index contributed by atoms with van der Waals surface area (Å²) in [6.45, 7) is 14.7. The fourth-order valence-corrected chi connectivity index (χ4v) is 3.24. The number of hydrogen-bond donors (Lipinski definition) is 2. The fraction of sp³-hybridized carbons (Fsp3) is 0.857. The Hall–Kier alpha value is -1.26. The Morgan fingerprint density at radius 3 is 2.30 bits per heavy atom. The summed E-state index contributed by atoms with van der Waals surface area (Å²) in [5, 5.41) is 6.26. The molecule has 0 bridgehead atoms. The Bertz CT molecular complexity index is 544. The summed E-state index contributed by atoms with van der Waals surface area (Å²) < 4.78 is 10.5. The van der Waals surface area contributed by atoms with Crippen LogP contribution >= 0.6 is 24.0 Å². The standard InChI is InChI=1S/C21H40N4O4.HI/c1-7-10-17(24-20(27)29-21(4,5)6)15-23-19(22-8-2)25-13-11-16(12-14-25)18(26)28-9-3;/h16-17H,7-15H2,1-6H3,(H,22,23)(H,24,27);1H. The summed E-state index contributed by atoms with van der Waals surface area (Å²) in [6, 6.07) is -0.0828. The van der Waals surface area contributed by atoms with E-state index in [0.29, 0.717) is 13.2 Å². The zero-order chi connectivity index (χ0) is 21.9. The molecule has 1 aliphatic rings. The van der Waals surface area contributed by atoms with E-state index in [0.717, 1.165) is 51.3 Å². The van der Waals surface area contributed by atoms with Crippen molar-refractivity contribution in [3.63, 3.8) is 0 Å². The molecule has 0 aromatic heterocycles. The molecule has 30 heavy (non-hydrogen) atoms. The number of likely N-dealkylation sites (tertiary alicyclic amines) is 1. The second kappa shape index (κ2) is 14.7. The number of esters is 1. The summed E-state index contributed by atoms with van der Waals surface area (Å²) >= 11 is 0. The average Bonchev–Trinajstić information content (AvgIpc) is 2.64. The molecule has 0 aromatic rings. The van der Waals surface area contributed by atoms with Gasteiger partial charge in [-0.05, 0) is 53.9 Å². The van der Waals surface area contributed by atoms with Crippen molar-refractivity contribution in [3.8, 4) is 0 Å². The second-order valence-electron chi connectivity index (χ2n) is 8.34. The number of carbonyl (C=O) groups excluding carboxylic acids is 2. The maximum absolute atomic E-state index is 12.1. The monoisotopic (exact) mass is 540 g/mol. The molecule has 1 amide bonds. The van der Waals surface area contributed by atoms with Crippen LogP contribution in [0.1, 0.15) is 67.2 Å². The molecular weight excluding hydrogens is 499 g/mol. The van der Waals surface area contributed by atoms with Crippen molar-refractivity contribution in [2.24, 2.45) is 10.9 Å². The molecule has 2 N–H and O–H groups in total. The molecule has 1 atom stereocenters. The summed E-state index contributed by atoms with van der Waals surface area (Å²) in [4.78, 5) is 31.0. The Balaban J connectivity index is 0.00000841. The van der Waals surface area contributed by atoms with Crippen molar-refractivity contribution in [1.29, 1.82) is 0 Å². The number of aliphatic imine (C=N–C) groups is 1. The van der Waals surface area contributed by atoms with Gasteiger partial charge < -0.3 is 25.0 Å². The number of guanidine groups is 1. The van der Waals surface area contributed by atoms with Crippen molar-refractivity contribution in [2.75, 3.05) is 32.8 Å². The van der Waals surface area contributed by atoms with E-state index in [9.17, 15) is 9.59 Å². The van der Waals surface area contributed by atoms with Gasteiger partial charge in [-0.2, -0.15) is 0 Å². The van der Waals surface area contributed by atoms with Gasteiger partial charge in [0.1, 0.15) is 5.60 Å². The Morgan fingerprint density at radius 2 is 1.80 bits per heavy atom. The zero-order valence-electron chi connectivity index (χ0n) is 19.5. The van der Waals surface area contributed by atoms with Crippen LogP contribution in [-0.4, -0.2) is 67.4 Å². The smallest absolute Gasteiger partial charge is 0.407 e. The maximum Gasteiger partial charge on any atom is 0.407 e. The first-order valence-electron chi connectivity index (χ1n) is 10.9. The largest absolute Gasteiger partial charge is 0.466 e. The zero-order valence-corrected chi connectivity index (χ0v) is 21.8. The Labute approximate surface area is 198 Å². The van der Waals surface area contributed by atoms with E-state index >= 15 is 0 Å². The van der Waals surface area contributed by atoms with Crippen molar-refractivity contribution >= 4 is 42.0 Å². The molecule has 1 aliphatic heterocycles. The molecule has 0 aliphatic carbocycles. The molecule has 1 unspecified atom stereocenters. The highest BCUT2D eigenvalue weighted by molar-refractivity contribution is 14.0. The van der Waals surface area contributed by atoms with Crippen LogP contribution in [0, 0.1) is 5.92 Å². The number of rotatable bonds is 8. The molecule has 176 valence electrons. The van der Waals surface area contributed by atoms with Crippen molar-refractivity contribution < 1.29 is 19.1 Å². The van der Waals surface area contributed by atoms with E-state index < -0.39 is 11.7 Å². The summed E-state index contributed by atoms with van der Waals surface area (Å²) in [7, 11) is 0. The van der Waals surface area contributed by atoms with Crippen LogP contribution in [0.3, 0.4) is 0 Å². The second-order valence-corrected chi connectivity index (χ2v) is 8.34. The Morgan fingerprint density at radius 1 is 1.17 bits per heavy atom. The van der Waals surface area contributed by atoms with Crippen LogP contribution in [0.15, 0.2) is 4.99 Å². The van der Waals surface area contributed by atoms with Gasteiger partial charge in [0.25, 0.3) is 0 Å². The lowest BCUT2D eigenvalue weighted by Crippen LogP contribution is -2.47. The number of nitrogens with zero attached hydrogens (tertiary/aromatic N) is 2. The molecule has 0 aromatic carbocycles. The number of nitrogens with one attached hydrogen (secondary N) is 2. The van der Waals surface area contributed by atoms with Crippen LogP contribution < -0.4 is 10.6 Å². The number of halogens is 1. The van der Waals surface area contributed by atoms with E-state index in [1.165, 1.54) is 0 Å². The molecule has 1 heterocycles. The van der Waals surface area contributed by atoms with Crippen LogP contribution in [-0.2, 0) is 14.3 Å². The predicted molar refractivity (Wildman–Crippen MR) is 130 cm³/mol. The van der Waals surface area contributed by atoms with Crippen molar-refractivity contribution in [1.82, 2.24) is 15.5 Å². The van der Waals surface area contributed by atoms with Gasteiger partial charge in [-0.3, -0.25) is 9.79 Å². The lowest BCUT2D eigenvalue weighted by Gasteiger charge is -2.33. The van der Waals surface area contributed by atoms with Crippen molar-refractivity contribution in [2.45, 2.75) is 78.9 Å². The lowest BCUT2D eigenvalue weighted by atomic mass is 9.97. The number of carbonyl (C=O) groups is 2. The molecule has 0 spiro atoms. The van der Waals surface area contributed by atoms with Gasteiger partial charge in [0.05, 0.1) is 25.1 Å². The third-order valence-corrected chi connectivity index (χ3v) is 4.57. The lowest BCUT2D eigenvalue weighted by molar-refractivity contribution is -0.149. The van der Waals surface area contributed by atoms with E-state index in [4.69, 9.17) is 14.5 Å². The van der Waals surface area contributed by atoms with Crippen LogP contribution in [0.2, 0.25) is 0 Å². The summed E-state index contributed by atoms with van der Waals surface area (Å²) in [5.41, 5.74) is -0.525. The first-order chi connectivity index (χ1) is 13.7. The Kier molecular flexibility index (Phi) is 14.1. The van der Waals surface area contributed by atoms with Gasteiger partial charge in [-0.15, -0.1) is 24.0 Å². The highest BCUT2D eigenvalue weighted by Crippen LogP contribution is 2.19. The topological polar surface area (TPSA) is 92.3 Å². The molecule has 9 heteroatoms. The molecular formula is C21H41IN4O4. The number of alkyl carbamates (subject to hydrolysis) is 1. The molecule has 1 saturated heterocycles. The predicted octanol–water partition coefficient (Wildman–Crippen LogP) is 3.54. The van der Waals surface area contributed by atoms with E-state index in [1.807, 2.05) is 34.6 Å². The van der Waals surface area contributed by atoms with Crippen LogP contribution in [0.5, 0.6) is 0 Å². The maximum atomic E-state index is 12.1. The van der Waals surface area contributed by atoms with Gasteiger partial charge in [0, 0.05) is 19.6 Å². The average molecular weight is 540 g/mol. The highest BCUT2D eigenvalue weighted by atomic mass is 127. The normalized spacial score (nSPS) is 16.3. The molecule has 8 nitrogen and oxygen atoms in total. The van der Waals surface area contributed by atoms with Gasteiger partial charge in [-0.1, -0.05) is 13.3 Å². The van der Waals surface area contributed by atoms with E-state index in [1.54, 1.807) is 0 Å². The molecule has 0 saturated carbocycles. The van der Waals surface area contributed by atoms with E-state index in [-0.39, 0.29) is 41.9 Å². The molecule has 1 rings (SSSR count). The fourth-order valence-electron chi connectivity index (χ4n) is 3.24. The minimum Gasteiger partial charge on any atom is -0.466 e. The molecule has 0 radical (unpaired) electrons. The number of amides is 1. The first kappa shape index (κ1) is 28.7. The minimum atomic E-state index is -0.525. The van der Waals surface area contributed by atoms with E-state index in [2.05, 4.69) is 22.5 Å². The van der Waals surface area contributed by atoms with Gasteiger partial charge in [-0.25, -0.2) is 4.79 Å².